The first-order valence-electron chi connectivity index (χ1n) is 6.21. The molecule has 0 aliphatic carbocycles. The van der Waals surface area contributed by atoms with Gasteiger partial charge in [0.2, 0.25) is 5.82 Å². The number of carboxylic acid groups (broad SMARTS) is 1. The van der Waals surface area contributed by atoms with Crippen molar-refractivity contribution in [1.82, 2.24) is 4.98 Å². The molecule has 2 heterocycles. The third kappa shape index (κ3) is 3.34. The van der Waals surface area contributed by atoms with E-state index in [1.807, 2.05) is 24.4 Å². The molecule has 2 aromatic rings. The number of thiophene rings is 1. The van der Waals surface area contributed by atoms with Gasteiger partial charge >= 0.3 is 11.7 Å². The first kappa shape index (κ1) is 14.9. The van der Waals surface area contributed by atoms with Crippen LogP contribution < -0.4 is 5.32 Å². The lowest BCUT2D eigenvalue weighted by Gasteiger charge is -2.16. The third-order valence-electron chi connectivity index (χ3n) is 2.90. The lowest BCUT2D eigenvalue weighted by Crippen LogP contribution is -2.13. The third-order valence-corrected chi connectivity index (χ3v) is 3.88. The SMILES string of the molecule is CCC(Nc1nc(C(=O)O)ccc1[N+](=O)[O-])c1cccs1. The summed E-state index contributed by atoms with van der Waals surface area (Å²) >= 11 is 1.52. The number of aromatic nitrogens is 1. The lowest BCUT2D eigenvalue weighted by atomic mass is 10.2. The van der Waals surface area contributed by atoms with Gasteiger partial charge in [0, 0.05) is 10.9 Å². The van der Waals surface area contributed by atoms with Crippen LogP contribution in [0.5, 0.6) is 0 Å². The monoisotopic (exact) mass is 307 g/mol. The van der Waals surface area contributed by atoms with Crippen molar-refractivity contribution in [3.05, 3.63) is 50.3 Å². The van der Waals surface area contributed by atoms with Gasteiger partial charge in [0.05, 0.1) is 11.0 Å². The van der Waals surface area contributed by atoms with Crippen LogP contribution in [0.15, 0.2) is 29.6 Å². The first-order valence-corrected chi connectivity index (χ1v) is 7.09. The van der Waals surface area contributed by atoms with Gasteiger partial charge < -0.3 is 10.4 Å². The second kappa shape index (κ2) is 6.31. The van der Waals surface area contributed by atoms with Crippen LogP contribution in [0.1, 0.15) is 34.8 Å². The van der Waals surface area contributed by atoms with E-state index in [9.17, 15) is 14.9 Å². The molecule has 2 aromatic heterocycles. The van der Waals surface area contributed by atoms with Gasteiger partial charge in [-0.15, -0.1) is 11.3 Å². The van der Waals surface area contributed by atoms with Gasteiger partial charge in [-0.2, -0.15) is 0 Å². The Morgan fingerprint density at radius 3 is 2.81 bits per heavy atom. The number of hydrogen-bond acceptors (Lipinski definition) is 6. The second-order valence-corrected chi connectivity index (χ2v) is 5.23. The van der Waals surface area contributed by atoms with Crippen molar-refractivity contribution in [3.63, 3.8) is 0 Å². The summed E-state index contributed by atoms with van der Waals surface area (Å²) in [5.74, 6) is -1.25. The maximum atomic E-state index is 11.0. The summed E-state index contributed by atoms with van der Waals surface area (Å²) in [6.45, 7) is 1.93. The van der Waals surface area contributed by atoms with Gasteiger partial charge in [0.1, 0.15) is 0 Å². The Bertz CT molecular complexity index is 657. The number of carbonyl (C=O) groups is 1. The molecule has 7 nitrogen and oxygen atoms in total. The van der Waals surface area contributed by atoms with E-state index in [1.165, 1.54) is 11.3 Å². The minimum atomic E-state index is -1.22. The molecule has 0 saturated carbocycles. The van der Waals surface area contributed by atoms with Crippen LogP contribution in [0.2, 0.25) is 0 Å². The minimum Gasteiger partial charge on any atom is -0.477 e. The number of anilines is 1. The highest BCUT2D eigenvalue weighted by atomic mass is 32.1. The normalized spacial score (nSPS) is 11.9. The van der Waals surface area contributed by atoms with E-state index < -0.39 is 10.9 Å². The van der Waals surface area contributed by atoms with E-state index in [0.29, 0.717) is 6.42 Å². The number of rotatable bonds is 6. The second-order valence-electron chi connectivity index (χ2n) is 4.25. The fraction of sp³-hybridized carbons (Fsp3) is 0.231. The predicted octanol–water partition coefficient (Wildman–Crippen LogP) is 3.31. The molecule has 110 valence electrons. The summed E-state index contributed by atoms with van der Waals surface area (Å²) in [5.41, 5.74) is -0.473. The molecule has 0 saturated heterocycles. The Labute approximate surface area is 124 Å². The van der Waals surface area contributed by atoms with E-state index in [1.54, 1.807) is 0 Å². The molecule has 2 rings (SSSR count). The standard InChI is InChI=1S/C13H13N3O4S/c1-2-8(11-4-3-7-21-11)14-12-10(16(19)20)6-5-9(15-12)13(17)18/h3-8H,2H2,1H3,(H,14,15)(H,17,18). The molecular formula is C13H13N3O4S. The number of aromatic carboxylic acids is 1. The average molecular weight is 307 g/mol. The summed E-state index contributed by atoms with van der Waals surface area (Å²) in [5, 5.41) is 24.9. The van der Waals surface area contributed by atoms with Crippen LogP contribution in [0.4, 0.5) is 11.5 Å². The molecule has 0 fully saturated rings. The topological polar surface area (TPSA) is 105 Å². The van der Waals surface area contributed by atoms with E-state index in [4.69, 9.17) is 5.11 Å². The van der Waals surface area contributed by atoms with E-state index in [2.05, 4.69) is 10.3 Å². The highest BCUT2D eigenvalue weighted by Gasteiger charge is 2.21. The van der Waals surface area contributed by atoms with Crippen LogP contribution in [-0.4, -0.2) is 21.0 Å². The van der Waals surface area contributed by atoms with Crippen molar-refractivity contribution in [2.75, 3.05) is 5.32 Å². The molecule has 21 heavy (non-hydrogen) atoms. The van der Waals surface area contributed by atoms with Crippen molar-refractivity contribution in [2.24, 2.45) is 0 Å². The van der Waals surface area contributed by atoms with Crippen molar-refractivity contribution in [3.8, 4) is 0 Å². The summed E-state index contributed by atoms with van der Waals surface area (Å²) < 4.78 is 0. The van der Waals surface area contributed by atoms with Crippen molar-refractivity contribution >= 4 is 28.8 Å². The Kier molecular flexibility index (Phi) is 4.49. The number of nitrogens with one attached hydrogen (secondary N) is 1. The molecule has 0 aliphatic heterocycles. The van der Waals surface area contributed by atoms with Crippen LogP contribution in [-0.2, 0) is 0 Å². The number of nitrogens with zero attached hydrogens (tertiary/aromatic N) is 2. The highest BCUT2D eigenvalue weighted by molar-refractivity contribution is 7.10. The summed E-state index contributed by atoms with van der Waals surface area (Å²) in [7, 11) is 0. The van der Waals surface area contributed by atoms with Crippen molar-refractivity contribution in [1.29, 1.82) is 0 Å². The van der Waals surface area contributed by atoms with Gasteiger partial charge in [-0.25, -0.2) is 9.78 Å². The maximum Gasteiger partial charge on any atom is 0.354 e. The number of carboxylic acids is 1. The van der Waals surface area contributed by atoms with Crippen LogP contribution in [0.25, 0.3) is 0 Å². The Balaban J connectivity index is 2.38. The average Bonchev–Trinajstić information content (AvgIpc) is 2.98. The number of pyridine rings is 1. The molecule has 8 heteroatoms. The number of nitro groups is 1. The molecule has 0 bridgehead atoms. The van der Waals surface area contributed by atoms with E-state index in [-0.39, 0.29) is 23.2 Å². The van der Waals surface area contributed by atoms with Gasteiger partial charge in [0.25, 0.3) is 0 Å². The highest BCUT2D eigenvalue weighted by Crippen LogP contribution is 2.30. The van der Waals surface area contributed by atoms with Crippen molar-refractivity contribution in [2.45, 2.75) is 19.4 Å². The summed E-state index contributed by atoms with van der Waals surface area (Å²) in [4.78, 5) is 26.3. The zero-order chi connectivity index (χ0) is 15.4. The fourth-order valence-corrected chi connectivity index (χ4v) is 2.71. The van der Waals surface area contributed by atoms with Gasteiger partial charge in [0.15, 0.2) is 5.69 Å². The van der Waals surface area contributed by atoms with Crippen LogP contribution in [0, 0.1) is 10.1 Å². The van der Waals surface area contributed by atoms with Crippen LogP contribution >= 0.6 is 11.3 Å². The van der Waals surface area contributed by atoms with Gasteiger partial charge in [-0.3, -0.25) is 10.1 Å². The molecule has 0 spiro atoms. The molecule has 0 aliphatic rings. The molecule has 0 radical (unpaired) electrons. The molecule has 0 amide bonds. The Morgan fingerprint density at radius 2 is 2.29 bits per heavy atom. The molecule has 1 unspecified atom stereocenters. The molecular weight excluding hydrogens is 294 g/mol. The van der Waals surface area contributed by atoms with Crippen molar-refractivity contribution < 1.29 is 14.8 Å². The quantitative estimate of drug-likeness (QED) is 0.626. The number of hydrogen-bond donors (Lipinski definition) is 2. The Hall–Kier alpha value is -2.48. The van der Waals surface area contributed by atoms with Crippen LogP contribution in [0.3, 0.4) is 0 Å². The minimum absolute atomic E-state index is 0.0276. The zero-order valence-electron chi connectivity index (χ0n) is 11.1. The summed E-state index contributed by atoms with van der Waals surface area (Å²) in [6, 6.07) is 5.93. The van der Waals surface area contributed by atoms with E-state index >= 15 is 0 Å². The predicted molar refractivity (Wildman–Crippen MR) is 78.8 cm³/mol. The zero-order valence-corrected chi connectivity index (χ0v) is 12.0. The largest absolute Gasteiger partial charge is 0.477 e. The summed E-state index contributed by atoms with van der Waals surface area (Å²) in [6.07, 6.45) is 0.691. The maximum absolute atomic E-state index is 11.0. The van der Waals surface area contributed by atoms with Gasteiger partial charge in [-0.05, 0) is 23.9 Å². The lowest BCUT2D eigenvalue weighted by molar-refractivity contribution is -0.384. The van der Waals surface area contributed by atoms with E-state index in [0.717, 1.165) is 17.0 Å². The fourth-order valence-electron chi connectivity index (χ4n) is 1.85. The van der Waals surface area contributed by atoms with Gasteiger partial charge in [-0.1, -0.05) is 13.0 Å². The molecule has 1 atom stereocenters. The Morgan fingerprint density at radius 1 is 1.52 bits per heavy atom. The molecule has 2 N–H and O–H groups in total. The molecule has 0 aromatic carbocycles. The first-order chi connectivity index (χ1) is 10.0. The smallest absolute Gasteiger partial charge is 0.354 e.